The summed E-state index contributed by atoms with van der Waals surface area (Å²) in [6.07, 6.45) is 1.03. The molecule has 1 N–H and O–H groups in total. The second-order valence-corrected chi connectivity index (χ2v) is 5.56. The van der Waals surface area contributed by atoms with E-state index < -0.39 is 0 Å². The molecule has 6 nitrogen and oxygen atoms in total. The van der Waals surface area contributed by atoms with Crippen LogP contribution in [0.2, 0.25) is 0 Å². The lowest BCUT2D eigenvalue weighted by molar-refractivity contribution is -0.123. The number of amides is 1. The quantitative estimate of drug-likeness (QED) is 0.748. The van der Waals surface area contributed by atoms with Crippen molar-refractivity contribution >= 4 is 5.91 Å². The molecule has 0 aliphatic heterocycles. The van der Waals surface area contributed by atoms with Gasteiger partial charge in [-0.15, -0.1) is 0 Å². The molecule has 0 heterocycles. The third kappa shape index (κ3) is 5.71. The second-order valence-electron chi connectivity index (χ2n) is 5.56. The van der Waals surface area contributed by atoms with Crippen molar-refractivity contribution in [2.24, 2.45) is 0 Å². The molecule has 0 aliphatic carbocycles. The summed E-state index contributed by atoms with van der Waals surface area (Å²) < 4.78 is 15.9. The van der Waals surface area contributed by atoms with Crippen LogP contribution in [0, 0.1) is 11.3 Å². The van der Waals surface area contributed by atoms with Gasteiger partial charge in [-0.2, -0.15) is 5.26 Å². The Morgan fingerprint density at radius 1 is 1.04 bits per heavy atom. The smallest absolute Gasteiger partial charge is 0.257 e. The summed E-state index contributed by atoms with van der Waals surface area (Å²) in [7, 11) is 3.18. The maximum atomic E-state index is 11.9. The summed E-state index contributed by atoms with van der Waals surface area (Å²) in [6.45, 7) is 0.447. The Morgan fingerprint density at radius 2 is 1.73 bits per heavy atom. The molecular weight excluding hydrogens is 332 g/mol. The third-order valence-electron chi connectivity index (χ3n) is 3.76. The molecule has 0 saturated heterocycles. The number of carbonyl (C=O) groups is 1. The lowest BCUT2D eigenvalue weighted by Crippen LogP contribution is -2.30. The summed E-state index contributed by atoms with van der Waals surface area (Å²) in [4.78, 5) is 11.9. The van der Waals surface area contributed by atoms with Gasteiger partial charge in [-0.05, 0) is 41.8 Å². The van der Waals surface area contributed by atoms with Crippen LogP contribution in [0.3, 0.4) is 0 Å². The van der Waals surface area contributed by atoms with Crippen LogP contribution in [0.4, 0.5) is 0 Å². The van der Waals surface area contributed by atoms with Crippen molar-refractivity contribution in [3.05, 3.63) is 53.6 Å². The minimum absolute atomic E-state index is 0.0521. The first-order valence-corrected chi connectivity index (χ1v) is 8.22. The first-order valence-electron chi connectivity index (χ1n) is 8.22. The van der Waals surface area contributed by atoms with Gasteiger partial charge in [-0.25, -0.2) is 0 Å². The molecule has 1 amide bonds. The Kier molecular flexibility index (Phi) is 7.31. The van der Waals surface area contributed by atoms with Crippen molar-refractivity contribution in [2.75, 3.05) is 27.4 Å². The predicted octanol–water partition coefficient (Wildman–Crippen LogP) is 2.51. The third-order valence-corrected chi connectivity index (χ3v) is 3.76. The number of hydrogen-bond acceptors (Lipinski definition) is 5. The van der Waals surface area contributed by atoms with E-state index in [1.54, 1.807) is 26.4 Å². The van der Waals surface area contributed by atoms with E-state index in [2.05, 4.69) is 11.4 Å². The Bertz CT molecular complexity index is 766. The average molecular weight is 354 g/mol. The first-order chi connectivity index (χ1) is 12.7. The molecule has 0 unspecified atom stereocenters. The number of nitrogens with zero attached hydrogens (tertiary/aromatic N) is 1. The van der Waals surface area contributed by atoms with E-state index >= 15 is 0 Å². The standard InChI is InChI=1S/C20H22N2O4/c1-24-18-8-5-16(13-19(18)25-2)10-12-22-20(23)14-26-17-6-3-15(4-7-17)9-11-21/h3-8,13H,9-10,12,14H2,1-2H3,(H,22,23). The van der Waals surface area contributed by atoms with Crippen LogP contribution < -0.4 is 19.5 Å². The lowest BCUT2D eigenvalue weighted by atomic mass is 10.1. The molecule has 0 aromatic heterocycles. The Morgan fingerprint density at radius 3 is 2.38 bits per heavy atom. The van der Waals surface area contributed by atoms with Gasteiger partial charge < -0.3 is 19.5 Å². The van der Waals surface area contributed by atoms with Gasteiger partial charge in [0, 0.05) is 6.54 Å². The van der Waals surface area contributed by atoms with E-state index in [4.69, 9.17) is 19.5 Å². The number of methoxy groups -OCH3 is 2. The Balaban J connectivity index is 1.74. The fourth-order valence-electron chi connectivity index (χ4n) is 2.38. The van der Waals surface area contributed by atoms with Crippen LogP contribution in [-0.2, 0) is 17.6 Å². The van der Waals surface area contributed by atoms with Gasteiger partial charge in [0.1, 0.15) is 5.75 Å². The number of nitriles is 1. The largest absolute Gasteiger partial charge is 0.493 e. The maximum absolute atomic E-state index is 11.9. The van der Waals surface area contributed by atoms with Crippen molar-refractivity contribution in [2.45, 2.75) is 12.8 Å². The monoisotopic (exact) mass is 354 g/mol. The van der Waals surface area contributed by atoms with Crippen LogP contribution in [-0.4, -0.2) is 33.3 Å². The summed E-state index contributed by atoms with van der Waals surface area (Å²) in [6, 6.07) is 14.9. The molecule has 0 fully saturated rings. The number of rotatable bonds is 9. The molecule has 2 aromatic carbocycles. The molecule has 0 spiro atoms. The molecule has 0 bridgehead atoms. The lowest BCUT2D eigenvalue weighted by Gasteiger charge is -2.10. The highest BCUT2D eigenvalue weighted by atomic mass is 16.5. The zero-order valence-corrected chi connectivity index (χ0v) is 15.0. The normalized spacial score (nSPS) is 9.88. The highest BCUT2D eigenvalue weighted by Gasteiger charge is 2.06. The van der Waals surface area contributed by atoms with Crippen molar-refractivity contribution < 1.29 is 19.0 Å². The van der Waals surface area contributed by atoms with E-state index in [-0.39, 0.29) is 12.5 Å². The number of hydrogen-bond donors (Lipinski definition) is 1. The number of benzene rings is 2. The second kappa shape index (κ2) is 9.94. The van der Waals surface area contributed by atoms with Crippen molar-refractivity contribution in [1.82, 2.24) is 5.32 Å². The van der Waals surface area contributed by atoms with Gasteiger partial charge in [0.15, 0.2) is 18.1 Å². The average Bonchev–Trinajstić information content (AvgIpc) is 2.67. The molecule has 0 radical (unpaired) electrons. The van der Waals surface area contributed by atoms with Crippen LogP contribution in [0.25, 0.3) is 0 Å². The zero-order valence-electron chi connectivity index (χ0n) is 15.0. The van der Waals surface area contributed by atoms with E-state index in [0.717, 1.165) is 11.1 Å². The number of nitrogens with one attached hydrogen (secondary N) is 1. The van der Waals surface area contributed by atoms with Gasteiger partial charge in [0.25, 0.3) is 5.91 Å². The fraction of sp³-hybridized carbons (Fsp3) is 0.300. The highest BCUT2D eigenvalue weighted by Crippen LogP contribution is 2.27. The highest BCUT2D eigenvalue weighted by molar-refractivity contribution is 5.77. The maximum Gasteiger partial charge on any atom is 0.257 e. The van der Waals surface area contributed by atoms with Gasteiger partial charge in [0.05, 0.1) is 26.7 Å². The molecule has 136 valence electrons. The van der Waals surface area contributed by atoms with Crippen molar-refractivity contribution in [3.63, 3.8) is 0 Å². The summed E-state index contributed by atoms with van der Waals surface area (Å²) in [5.74, 6) is 1.75. The zero-order chi connectivity index (χ0) is 18.8. The summed E-state index contributed by atoms with van der Waals surface area (Å²) in [5.41, 5.74) is 1.95. The molecule has 2 aromatic rings. The van der Waals surface area contributed by atoms with E-state index in [1.807, 2.05) is 30.3 Å². The van der Waals surface area contributed by atoms with E-state index in [9.17, 15) is 4.79 Å². The van der Waals surface area contributed by atoms with Crippen molar-refractivity contribution in [3.8, 4) is 23.3 Å². The van der Waals surface area contributed by atoms with Crippen molar-refractivity contribution in [1.29, 1.82) is 5.26 Å². The van der Waals surface area contributed by atoms with Gasteiger partial charge in [0.2, 0.25) is 0 Å². The number of carbonyl (C=O) groups excluding carboxylic acids is 1. The SMILES string of the molecule is COc1ccc(CCNC(=O)COc2ccc(CC#N)cc2)cc1OC. The Labute approximate surface area is 153 Å². The minimum atomic E-state index is -0.188. The fourth-order valence-corrected chi connectivity index (χ4v) is 2.38. The summed E-state index contributed by atoms with van der Waals surface area (Å²) >= 11 is 0. The van der Waals surface area contributed by atoms with Crippen LogP contribution >= 0.6 is 0 Å². The molecule has 0 saturated carbocycles. The molecule has 0 atom stereocenters. The van der Waals surface area contributed by atoms with Crippen LogP contribution in [0.15, 0.2) is 42.5 Å². The van der Waals surface area contributed by atoms with E-state index in [1.165, 1.54) is 0 Å². The number of ether oxygens (including phenoxy) is 3. The van der Waals surface area contributed by atoms with Gasteiger partial charge in [-0.3, -0.25) is 4.79 Å². The summed E-state index contributed by atoms with van der Waals surface area (Å²) in [5, 5.41) is 11.5. The molecule has 2 rings (SSSR count). The molecule has 26 heavy (non-hydrogen) atoms. The van der Waals surface area contributed by atoms with Gasteiger partial charge in [-0.1, -0.05) is 18.2 Å². The van der Waals surface area contributed by atoms with Crippen LogP contribution in [0.5, 0.6) is 17.2 Å². The van der Waals surface area contributed by atoms with Gasteiger partial charge >= 0.3 is 0 Å². The minimum Gasteiger partial charge on any atom is -0.493 e. The van der Waals surface area contributed by atoms with E-state index in [0.29, 0.717) is 36.6 Å². The topological polar surface area (TPSA) is 80.6 Å². The molecule has 6 heteroatoms. The van der Waals surface area contributed by atoms with Crippen LogP contribution in [0.1, 0.15) is 11.1 Å². The molecule has 0 aliphatic rings. The predicted molar refractivity (Wildman–Crippen MR) is 97.5 cm³/mol. The molecular formula is C20H22N2O4. The first kappa shape index (κ1) is 19.1. The Hall–Kier alpha value is -3.20.